The van der Waals surface area contributed by atoms with E-state index in [0.717, 1.165) is 23.8 Å². The van der Waals surface area contributed by atoms with Crippen molar-refractivity contribution < 1.29 is 9.66 Å². The van der Waals surface area contributed by atoms with Gasteiger partial charge in [-0.3, -0.25) is 10.1 Å². The summed E-state index contributed by atoms with van der Waals surface area (Å²) in [4.78, 5) is 17.4. The fourth-order valence-electron chi connectivity index (χ4n) is 2.31. The van der Waals surface area contributed by atoms with Crippen molar-refractivity contribution in [2.24, 2.45) is 0 Å². The normalized spacial score (nSPS) is 15.4. The molecule has 6 nitrogen and oxygen atoms in total. The number of benzene rings is 1. The number of fused-ring (bicyclic) bond motifs is 1. The number of aryl methyl sites for hydroxylation is 1. The smallest absolute Gasteiger partial charge is 0.287 e. The van der Waals surface area contributed by atoms with Gasteiger partial charge < -0.3 is 9.64 Å². The van der Waals surface area contributed by atoms with Crippen LogP contribution in [0.1, 0.15) is 5.56 Å². The summed E-state index contributed by atoms with van der Waals surface area (Å²) < 4.78 is 6.32. The summed E-state index contributed by atoms with van der Waals surface area (Å²) in [5, 5.41) is 12.7. The molecule has 1 saturated heterocycles. The number of anilines is 1. The van der Waals surface area contributed by atoms with Crippen molar-refractivity contribution in [3.05, 3.63) is 32.5 Å². The van der Waals surface area contributed by atoms with Gasteiger partial charge in [-0.05, 0) is 18.6 Å². The molecule has 3 rings (SSSR count). The quantitative estimate of drug-likeness (QED) is 0.480. The number of nitro benzene ring substituents is 1. The van der Waals surface area contributed by atoms with Crippen molar-refractivity contribution >= 4 is 44.5 Å². The number of non-ortho nitro benzene ring substituents is 1. The van der Waals surface area contributed by atoms with E-state index in [4.69, 9.17) is 17.0 Å². The Morgan fingerprint density at radius 1 is 1.43 bits per heavy atom. The summed E-state index contributed by atoms with van der Waals surface area (Å²) in [7, 11) is 0. The zero-order valence-corrected chi connectivity index (χ0v) is 13.0. The Labute approximate surface area is 130 Å². The molecule has 1 aromatic carbocycles. The number of ether oxygens (including phenoxy) is 1. The van der Waals surface area contributed by atoms with Crippen LogP contribution in [0.4, 0.5) is 10.8 Å². The molecule has 0 spiro atoms. The van der Waals surface area contributed by atoms with Crippen molar-refractivity contribution in [3.8, 4) is 0 Å². The van der Waals surface area contributed by atoms with Gasteiger partial charge >= 0.3 is 0 Å². The highest BCUT2D eigenvalue weighted by Crippen LogP contribution is 2.35. The summed E-state index contributed by atoms with van der Waals surface area (Å²) in [5.41, 5.74) is 0.909. The van der Waals surface area contributed by atoms with Crippen molar-refractivity contribution in [1.29, 1.82) is 0 Å². The monoisotopic (exact) mass is 323 g/mol. The van der Waals surface area contributed by atoms with E-state index >= 15 is 0 Å². The first kappa shape index (κ1) is 14.3. The second kappa shape index (κ2) is 5.63. The first-order valence-corrected chi connectivity index (χ1v) is 7.71. The van der Waals surface area contributed by atoms with Gasteiger partial charge in [0.2, 0.25) is 0 Å². The Bertz CT molecular complexity index is 769. The molecule has 1 aromatic heterocycles. The molecule has 1 fully saturated rings. The minimum absolute atomic E-state index is 0.0954. The lowest BCUT2D eigenvalue weighted by molar-refractivity contribution is -0.382. The minimum atomic E-state index is -0.357. The Balaban J connectivity index is 2.22. The molecule has 0 saturated carbocycles. The van der Waals surface area contributed by atoms with Crippen LogP contribution in [0.15, 0.2) is 12.1 Å². The van der Waals surface area contributed by atoms with E-state index in [2.05, 4.69) is 9.88 Å². The maximum Gasteiger partial charge on any atom is 0.287 e. The molecule has 1 aliphatic heterocycles. The van der Waals surface area contributed by atoms with Crippen LogP contribution < -0.4 is 4.90 Å². The van der Waals surface area contributed by atoms with Gasteiger partial charge in [-0.25, -0.2) is 4.98 Å². The summed E-state index contributed by atoms with van der Waals surface area (Å²) in [5.74, 6) is 0. The molecular weight excluding hydrogens is 310 g/mol. The average Bonchev–Trinajstić information content (AvgIpc) is 2.48. The number of rotatable bonds is 2. The molecule has 110 valence electrons. The number of morpholine rings is 1. The van der Waals surface area contributed by atoms with Crippen molar-refractivity contribution in [3.63, 3.8) is 0 Å². The van der Waals surface area contributed by atoms with Crippen LogP contribution in [0.25, 0.3) is 10.1 Å². The predicted molar refractivity (Wildman–Crippen MR) is 84.9 cm³/mol. The van der Waals surface area contributed by atoms with Crippen LogP contribution in [0.3, 0.4) is 0 Å². The summed E-state index contributed by atoms with van der Waals surface area (Å²) >= 11 is 6.65. The lowest BCUT2D eigenvalue weighted by Gasteiger charge is -2.27. The van der Waals surface area contributed by atoms with Gasteiger partial charge in [0.05, 0.1) is 18.1 Å². The molecule has 0 N–H and O–H groups in total. The van der Waals surface area contributed by atoms with E-state index in [1.807, 2.05) is 13.0 Å². The third-order valence-electron chi connectivity index (χ3n) is 3.31. The lowest BCUT2D eigenvalue weighted by atomic mass is 10.2. The zero-order chi connectivity index (χ0) is 15.0. The van der Waals surface area contributed by atoms with Crippen LogP contribution in [0.2, 0.25) is 0 Å². The fraction of sp³-hybridized carbons (Fsp3) is 0.385. The molecule has 0 radical (unpaired) electrons. The number of nitrogens with zero attached hydrogens (tertiary/aromatic N) is 3. The van der Waals surface area contributed by atoms with Crippen LogP contribution in [-0.4, -0.2) is 36.2 Å². The first-order valence-electron chi connectivity index (χ1n) is 6.49. The van der Waals surface area contributed by atoms with E-state index in [9.17, 15) is 10.1 Å². The van der Waals surface area contributed by atoms with Crippen molar-refractivity contribution in [2.45, 2.75) is 6.92 Å². The van der Waals surface area contributed by atoms with Crippen LogP contribution in [0.5, 0.6) is 0 Å². The van der Waals surface area contributed by atoms with Gasteiger partial charge in [-0.2, -0.15) is 0 Å². The highest BCUT2D eigenvalue weighted by atomic mass is 32.1. The standard InChI is InChI=1S/C13H13N3O3S2/c1-8-6-9-11(10(7-8)16(17)18)21-13(14-12(9)20)15-2-4-19-5-3-15/h6-7H,2-5H2,1H3. The molecule has 0 aliphatic carbocycles. The Morgan fingerprint density at radius 3 is 2.81 bits per heavy atom. The SMILES string of the molecule is Cc1cc([N+](=O)[O-])c2sc(N3CCOCC3)nc(=S)c2c1. The molecule has 2 aromatic rings. The molecule has 21 heavy (non-hydrogen) atoms. The highest BCUT2D eigenvalue weighted by molar-refractivity contribution is 7.71. The third-order valence-corrected chi connectivity index (χ3v) is 4.79. The van der Waals surface area contributed by atoms with Crippen LogP contribution in [-0.2, 0) is 4.74 Å². The molecule has 0 atom stereocenters. The zero-order valence-electron chi connectivity index (χ0n) is 11.4. The van der Waals surface area contributed by atoms with Gasteiger partial charge in [-0.15, -0.1) is 0 Å². The molecule has 0 unspecified atom stereocenters. The maximum atomic E-state index is 11.3. The van der Waals surface area contributed by atoms with Gasteiger partial charge in [0, 0.05) is 24.5 Å². The van der Waals surface area contributed by atoms with Crippen LogP contribution in [0, 0.1) is 21.7 Å². The molecular formula is C13H13N3O3S2. The Kier molecular flexibility index (Phi) is 3.83. The summed E-state index contributed by atoms with van der Waals surface area (Å²) in [6.07, 6.45) is 0. The van der Waals surface area contributed by atoms with E-state index in [1.54, 1.807) is 6.07 Å². The lowest BCUT2D eigenvalue weighted by Crippen LogP contribution is -2.36. The number of hydrogen-bond acceptors (Lipinski definition) is 7. The van der Waals surface area contributed by atoms with Gasteiger partial charge in [-0.1, -0.05) is 23.6 Å². The van der Waals surface area contributed by atoms with Gasteiger partial charge in [0.1, 0.15) is 9.34 Å². The second-order valence-electron chi connectivity index (χ2n) is 4.82. The van der Waals surface area contributed by atoms with Gasteiger partial charge in [0.15, 0.2) is 5.13 Å². The number of aromatic nitrogens is 1. The average molecular weight is 323 g/mol. The Morgan fingerprint density at radius 2 is 2.14 bits per heavy atom. The van der Waals surface area contributed by atoms with Gasteiger partial charge in [0.25, 0.3) is 5.69 Å². The molecule has 0 amide bonds. The van der Waals surface area contributed by atoms with E-state index in [1.165, 1.54) is 11.3 Å². The third kappa shape index (κ3) is 2.74. The summed E-state index contributed by atoms with van der Waals surface area (Å²) in [6, 6.07) is 3.44. The fourth-order valence-corrected chi connectivity index (χ4v) is 3.81. The topological polar surface area (TPSA) is 68.5 Å². The maximum absolute atomic E-state index is 11.3. The predicted octanol–water partition coefficient (Wildman–Crippen LogP) is 3.08. The first-order chi connectivity index (χ1) is 10.1. The second-order valence-corrected chi connectivity index (χ2v) is 6.18. The summed E-state index contributed by atoms with van der Waals surface area (Å²) in [6.45, 7) is 4.54. The minimum Gasteiger partial charge on any atom is -0.378 e. The van der Waals surface area contributed by atoms with E-state index < -0.39 is 0 Å². The molecule has 1 aliphatic rings. The molecule has 2 heterocycles. The molecule has 8 heteroatoms. The number of nitro groups is 1. The largest absolute Gasteiger partial charge is 0.378 e. The van der Waals surface area contributed by atoms with E-state index in [0.29, 0.717) is 27.9 Å². The number of hydrogen-bond donors (Lipinski definition) is 0. The molecule has 0 bridgehead atoms. The Hall–Kier alpha value is -1.64. The van der Waals surface area contributed by atoms with Crippen LogP contribution >= 0.6 is 23.6 Å². The van der Waals surface area contributed by atoms with E-state index in [-0.39, 0.29) is 10.6 Å². The van der Waals surface area contributed by atoms with Crippen molar-refractivity contribution in [1.82, 2.24) is 4.98 Å². The van der Waals surface area contributed by atoms with Crippen molar-refractivity contribution in [2.75, 3.05) is 31.2 Å². The highest BCUT2D eigenvalue weighted by Gasteiger charge is 2.19.